The van der Waals surface area contributed by atoms with E-state index < -0.39 is 0 Å². The Kier molecular flexibility index (Phi) is 2.61. The normalized spacial score (nSPS) is 10.5. The van der Waals surface area contributed by atoms with E-state index in [-0.39, 0.29) is 0 Å². The lowest BCUT2D eigenvalue weighted by atomic mass is 10.1. The zero-order valence-corrected chi connectivity index (χ0v) is 9.87. The minimum atomic E-state index is 0.698. The van der Waals surface area contributed by atoms with Crippen LogP contribution in [0.25, 0.3) is 22.2 Å². The van der Waals surface area contributed by atoms with Gasteiger partial charge in [0.15, 0.2) is 5.65 Å². The van der Waals surface area contributed by atoms with Gasteiger partial charge in [0.2, 0.25) is 0 Å². The zero-order chi connectivity index (χ0) is 12.4. The van der Waals surface area contributed by atoms with Crippen molar-refractivity contribution in [1.29, 1.82) is 0 Å². The summed E-state index contributed by atoms with van der Waals surface area (Å²) < 4.78 is 5.35. The van der Waals surface area contributed by atoms with E-state index in [1.165, 1.54) is 6.33 Å². The summed E-state index contributed by atoms with van der Waals surface area (Å²) in [5, 5.41) is 0.918. The van der Waals surface area contributed by atoms with Crippen LogP contribution >= 0.6 is 0 Å². The Bertz CT molecular complexity index is 697. The maximum absolute atomic E-state index is 5.35. The van der Waals surface area contributed by atoms with Gasteiger partial charge in [-0.3, -0.25) is 0 Å². The Morgan fingerprint density at radius 3 is 2.83 bits per heavy atom. The van der Waals surface area contributed by atoms with Gasteiger partial charge in [0.25, 0.3) is 0 Å². The van der Waals surface area contributed by atoms with Crippen LogP contribution in [0.1, 0.15) is 0 Å². The zero-order valence-electron chi connectivity index (χ0n) is 9.87. The number of rotatable bonds is 2. The Morgan fingerprint density at radius 2 is 1.94 bits per heavy atom. The van der Waals surface area contributed by atoms with Crippen LogP contribution in [-0.4, -0.2) is 22.1 Å². The Hall–Kier alpha value is -2.49. The molecule has 0 atom stereocenters. The van der Waals surface area contributed by atoms with Gasteiger partial charge >= 0.3 is 0 Å². The third kappa shape index (κ3) is 1.78. The van der Waals surface area contributed by atoms with Crippen molar-refractivity contribution in [1.82, 2.24) is 15.0 Å². The van der Waals surface area contributed by atoms with Crippen LogP contribution in [-0.2, 0) is 0 Å². The van der Waals surface area contributed by atoms with Gasteiger partial charge in [0.05, 0.1) is 7.11 Å². The number of benzene rings is 1. The first kappa shape index (κ1) is 10.7. The first-order valence-electron chi connectivity index (χ1n) is 5.57. The fraction of sp³-hybridized carbons (Fsp3) is 0.0714. The molecule has 4 nitrogen and oxygen atoms in total. The predicted octanol–water partition coefficient (Wildman–Crippen LogP) is 2.70. The van der Waals surface area contributed by atoms with Crippen LogP contribution in [0, 0.1) is 0 Å². The van der Waals surface area contributed by atoms with Gasteiger partial charge in [-0.2, -0.15) is 0 Å². The highest BCUT2D eigenvalue weighted by atomic mass is 16.5. The summed E-state index contributed by atoms with van der Waals surface area (Å²) >= 11 is 0. The number of methoxy groups -OCH3 is 1. The van der Waals surface area contributed by atoms with Gasteiger partial charge in [-0.25, -0.2) is 15.0 Å². The molecule has 0 aliphatic rings. The van der Waals surface area contributed by atoms with E-state index in [9.17, 15) is 0 Å². The first-order chi connectivity index (χ1) is 8.88. The van der Waals surface area contributed by atoms with E-state index in [2.05, 4.69) is 15.0 Å². The summed E-state index contributed by atoms with van der Waals surface area (Å²) in [5.74, 6) is 0.829. The lowest BCUT2D eigenvalue weighted by molar-refractivity contribution is 0.416. The summed E-state index contributed by atoms with van der Waals surface area (Å²) in [6.45, 7) is 0. The van der Waals surface area contributed by atoms with Crippen molar-refractivity contribution in [3.05, 3.63) is 49.1 Å². The fourth-order valence-electron chi connectivity index (χ4n) is 1.91. The Balaban J connectivity index is 2.19. The Labute approximate surface area is 104 Å². The monoisotopic (exact) mass is 237 g/mol. The van der Waals surface area contributed by atoms with Gasteiger partial charge < -0.3 is 4.74 Å². The van der Waals surface area contributed by atoms with E-state index in [1.807, 2.05) is 30.3 Å². The number of aromatic nitrogens is 3. The third-order valence-electron chi connectivity index (χ3n) is 2.77. The first-order valence-corrected chi connectivity index (χ1v) is 5.57. The number of pyridine rings is 1. The van der Waals surface area contributed by atoms with Gasteiger partial charge in [0, 0.05) is 28.9 Å². The highest BCUT2D eigenvalue weighted by molar-refractivity contribution is 5.81. The second kappa shape index (κ2) is 4.41. The number of nitrogens with zero attached hydrogens (tertiary/aromatic N) is 3. The number of hydrogen-bond donors (Lipinski definition) is 0. The number of ether oxygens (including phenoxy) is 1. The van der Waals surface area contributed by atoms with Crippen molar-refractivity contribution in [2.75, 3.05) is 7.11 Å². The summed E-state index contributed by atoms with van der Waals surface area (Å²) in [4.78, 5) is 12.4. The molecular formula is C14H11N3O. The molecule has 3 rings (SSSR count). The van der Waals surface area contributed by atoms with Crippen LogP contribution in [0.15, 0.2) is 49.1 Å². The molecule has 0 N–H and O–H groups in total. The van der Waals surface area contributed by atoms with E-state index in [0.29, 0.717) is 5.65 Å². The largest absolute Gasteiger partial charge is 0.496 e. The number of para-hydroxylation sites is 1. The molecule has 0 saturated carbocycles. The fourth-order valence-corrected chi connectivity index (χ4v) is 1.91. The highest BCUT2D eigenvalue weighted by Crippen LogP contribution is 2.30. The van der Waals surface area contributed by atoms with Gasteiger partial charge in [-0.1, -0.05) is 18.2 Å². The van der Waals surface area contributed by atoms with E-state index >= 15 is 0 Å². The molecule has 0 amide bonds. The second-order valence-electron chi connectivity index (χ2n) is 3.86. The Morgan fingerprint density at radius 1 is 1.06 bits per heavy atom. The molecule has 0 aliphatic heterocycles. The van der Waals surface area contributed by atoms with Crippen molar-refractivity contribution >= 4 is 11.0 Å². The molecule has 18 heavy (non-hydrogen) atoms. The van der Waals surface area contributed by atoms with E-state index in [4.69, 9.17) is 4.74 Å². The lowest BCUT2D eigenvalue weighted by Crippen LogP contribution is -1.90. The van der Waals surface area contributed by atoms with E-state index in [0.717, 1.165) is 22.3 Å². The van der Waals surface area contributed by atoms with Crippen molar-refractivity contribution in [2.24, 2.45) is 0 Å². The molecule has 0 unspecified atom stereocenters. The van der Waals surface area contributed by atoms with Crippen molar-refractivity contribution in [3.8, 4) is 16.9 Å². The van der Waals surface area contributed by atoms with Crippen molar-refractivity contribution in [2.45, 2.75) is 0 Å². The molecule has 0 radical (unpaired) electrons. The highest BCUT2D eigenvalue weighted by Gasteiger charge is 2.06. The summed E-state index contributed by atoms with van der Waals surface area (Å²) in [6.07, 6.45) is 5.06. The maximum Gasteiger partial charge on any atom is 0.162 e. The van der Waals surface area contributed by atoms with Gasteiger partial charge in [-0.05, 0) is 12.1 Å². The smallest absolute Gasteiger partial charge is 0.162 e. The van der Waals surface area contributed by atoms with Gasteiger partial charge in [0.1, 0.15) is 12.1 Å². The average molecular weight is 237 g/mol. The molecule has 88 valence electrons. The molecule has 2 aromatic heterocycles. The topological polar surface area (TPSA) is 47.9 Å². The molecular weight excluding hydrogens is 226 g/mol. The average Bonchev–Trinajstić information content (AvgIpc) is 2.46. The van der Waals surface area contributed by atoms with Crippen molar-refractivity contribution < 1.29 is 4.74 Å². The predicted molar refractivity (Wildman–Crippen MR) is 69.3 cm³/mol. The van der Waals surface area contributed by atoms with Crippen LogP contribution < -0.4 is 4.74 Å². The molecule has 4 heteroatoms. The molecule has 0 spiro atoms. The lowest BCUT2D eigenvalue weighted by Gasteiger charge is -2.08. The molecule has 3 aromatic rings. The molecule has 2 heterocycles. The van der Waals surface area contributed by atoms with Crippen LogP contribution in [0.4, 0.5) is 0 Å². The summed E-state index contributed by atoms with van der Waals surface area (Å²) in [6, 6.07) is 9.87. The van der Waals surface area contributed by atoms with Crippen molar-refractivity contribution in [3.63, 3.8) is 0 Å². The number of fused-ring (bicyclic) bond motifs is 1. The maximum atomic E-state index is 5.35. The van der Waals surface area contributed by atoms with E-state index in [1.54, 1.807) is 19.5 Å². The quantitative estimate of drug-likeness (QED) is 0.687. The van der Waals surface area contributed by atoms with Crippen LogP contribution in [0.2, 0.25) is 0 Å². The standard InChI is InChI=1S/C14H11N3O/c1-18-13-5-3-2-4-12(13)10-6-11-7-15-9-17-14(11)16-8-10/h2-9H,1H3. The molecule has 0 saturated heterocycles. The minimum absolute atomic E-state index is 0.698. The third-order valence-corrected chi connectivity index (χ3v) is 2.77. The minimum Gasteiger partial charge on any atom is -0.496 e. The van der Waals surface area contributed by atoms with Crippen LogP contribution in [0.3, 0.4) is 0 Å². The van der Waals surface area contributed by atoms with Crippen LogP contribution in [0.5, 0.6) is 5.75 Å². The molecule has 0 fully saturated rings. The molecule has 0 bridgehead atoms. The molecule has 0 aliphatic carbocycles. The van der Waals surface area contributed by atoms with Gasteiger partial charge in [-0.15, -0.1) is 0 Å². The molecule has 1 aromatic carbocycles. The SMILES string of the molecule is COc1ccccc1-c1cnc2ncncc2c1. The number of hydrogen-bond acceptors (Lipinski definition) is 4. The summed E-state index contributed by atoms with van der Waals surface area (Å²) in [7, 11) is 1.66. The second-order valence-corrected chi connectivity index (χ2v) is 3.86. The summed E-state index contributed by atoms with van der Waals surface area (Å²) in [5.41, 5.74) is 2.71.